The number of aryl methyl sites for hydroxylation is 2. The highest BCUT2D eigenvalue weighted by molar-refractivity contribution is 7.91. The maximum atomic E-state index is 11.5. The molecule has 0 unspecified atom stereocenters. The normalized spacial score (nSPS) is 21.4. The average molecular weight is 294 g/mol. The fraction of sp³-hybridized carbons (Fsp3) is 0.500. The van der Waals surface area contributed by atoms with Crippen LogP contribution in [0.1, 0.15) is 17.7 Å². The first-order valence-corrected chi connectivity index (χ1v) is 8.56. The van der Waals surface area contributed by atoms with Crippen molar-refractivity contribution in [1.29, 1.82) is 0 Å². The monoisotopic (exact) mass is 294 g/mol. The average Bonchev–Trinajstić information content (AvgIpc) is 3.02. The van der Waals surface area contributed by atoms with E-state index in [0.29, 0.717) is 12.3 Å². The fourth-order valence-electron chi connectivity index (χ4n) is 2.66. The Bertz CT molecular complexity index is 708. The molecule has 1 saturated heterocycles. The molecule has 2 aromatic heterocycles. The molecule has 1 atom stereocenters. The van der Waals surface area contributed by atoms with Crippen molar-refractivity contribution in [3.8, 4) is 11.6 Å². The van der Waals surface area contributed by atoms with Gasteiger partial charge in [0.15, 0.2) is 21.4 Å². The van der Waals surface area contributed by atoms with Crippen LogP contribution < -0.4 is 0 Å². The molecule has 0 aromatic carbocycles. The fourth-order valence-corrected chi connectivity index (χ4v) is 4.51. The van der Waals surface area contributed by atoms with Crippen LogP contribution in [0.2, 0.25) is 0 Å². The number of rotatable bonds is 3. The number of imidazole rings is 1. The largest absolute Gasteiger partial charge is 0.458 e. The molecule has 0 bridgehead atoms. The molecule has 0 saturated carbocycles. The van der Waals surface area contributed by atoms with Crippen molar-refractivity contribution in [2.45, 2.75) is 26.8 Å². The first-order valence-electron chi connectivity index (χ1n) is 6.73. The van der Waals surface area contributed by atoms with Crippen LogP contribution in [0.5, 0.6) is 0 Å². The smallest absolute Gasteiger partial charge is 0.176 e. The maximum absolute atomic E-state index is 11.5. The highest BCUT2D eigenvalue weighted by Crippen LogP contribution is 2.26. The van der Waals surface area contributed by atoms with Crippen molar-refractivity contribution in [2.24, 2.45) is 5.92 Å². The van der Waals surface area contributed by atoms with Crippen LogP contribution in [0, 0.1) is 19.8 Å². The second kappa shape index (κ2) is 4.77. The summed E-state index contributed by atoms with van der Waals surface area (Å²) in [6.45, 7) is 4.60. The molecule has 0 N–H and O–H groups in total. The Morgan fingerprint density at radius 1 is 1.45 bits per heavy atom. The minimum absolute atomic E-state index is 0.171. The SMILES string of the molecule is Cc1cc(-c2nccn2C[C@H]2CCS(=O)(=O)C2)oc1C. The van der Waals surface area contributed by atoms with Crippen molar-refractivity contribution in [1.82, 2.24) is 9.55 Å². The van der Waals surface area contributed by atoms with Gasteiger partial charge in [-0.3, -0.25) is 0 Å². The minimum Gasteiger partial charge on any atom is -0.458 e. The second-order valence-electron chi connectivity index (χ2n) is 5.52. The van der Waals surface area contributed by atoms with E-state index in [-0.39, 0.29) is 11.7 Å². The summed E-state index contributed by atoms with van der Waals surface area (Å²) >= 11 is 0. The molecule has 0 spiro atoms. The Labute approximate surface area is 118 Å². The van der Waals surface area contributed by atoms with Crippen LogP contribution in [-0.2, 0) is 16.4 Å². The summed E-state index contributed by atoms with van der Waals surface area (Å²) in [6.07, 6.45) is 4.34. The van der Waals surface area contributed by atoms with Crippen LogP contribution in [-0.4, -0.2) is 29.5 Å². The van der Waals surface area contributed by atoms with Gasteiger partial charge in [-0.25, -0.2) is 13.4 Å². The Balaban J connectivity index is 1.84. The van der Waals surface area contributed by atoms with Gasteiger partial charge in [0, 0.05) is 18.9 Å². The highest BCUT2D eigenvalue weighted by atomic mass is 32.2. The third-order valence-electron chi connectivity index (χ3n) is 3.88. The molecule has 0 amide bonds. The Hall–Kier alpha value is -1.56. The number of furan rings is 1. The van der Waals surface area contributed by atoms with Gasteiger partial charge in [0.05, 0.1) is 11.5 Å². The lowest BCUT2D eigenvalue weighted by Gasteiger charge is -2.10. The Morgan fingerprint density at radius 3 is 2.85 bits per heavy atom. The third-order valence-corrected chi connectivity index (χ3v) is 5.72. The van der Waals surface area contributed by atoms with E-state index in [1.54, 1.807) is 6.20 Å². The zero-order chi connectivity index (χ0) is 14.3. The predicted molar refractivity (Wildman–Crippen MR) is 76.2 cm³/mol. The van der Waals surface area contributed by atoms with Crippen LogP contribution >= 0.6 is 0 Å². The van der Waals surface area contributed by atoms with Crippen molar-refractivity contribution in [3.63, 3.8) is 0 Å². The summed E-state index contributed by atoms with van der Waals surface area (Å²) in [4.78, 5) is 4.34. The van der Waals surface area contributed by atoms with Gasteiger partial charge in [-0.1, -0.05) is 0 Å². The van der Waals surface area contributed by atoms with Gasteiger partial charge in [-0.15, -0.1) is 0 Å². The Morgan fingerprint density at radius 2 is 2.25 bits per heavy atom. The summed E-state index contributed by atoms with van der Waals surface area (Å²) in [7, 11) is -2.84. The van der Waals surface area contributed by atoms with Crippen molar-refractivity contribution >= 4 is 9.84 Å². The molecule has 5 nitrogen and oxygen atoms in total. The lowest BCUT2D eigenvalue weighted by molar-refractivity contribution is 0.483. The zero-order valence-electron chi connectivity index (χ0n) is 11.7. The molecule has 20 heavy (non-hydrogen) atoms. The van der Waals surface area contributed by atoms with Gasteiger partial charge in [0.1, 0.15) is 5.76 Å². The van der Waals surface area contributed by atoms with Crippen LogP contribution in [0.4, 0.5) is 0 Å². The summed E-state index contributed by atoms with van der Waals surface area (Å²) in [5.41, 5.74) is 1.10. The van der Waals surface area contributed by atoms with Gasteiger partial charge >= 0.3 is 0 Å². The van der Waals surface area contributed by atoms with Crippen LogP contribution in [0.3, 0.4) is 0 Å². The van der Waals surface area contributed by atoms with E-state index in [2.05, 4.69) is 4.98 Å². The maximum Gasteiger partial charge on any atom is 0.176 e. The number of hydrogen-bond acceptors (Lipinski definition) is 4. The minimum atomic E-state index is -2.84. The van der Waals surface area contributed by atoms with Gasteiger partial charge < -0.3 is 8.98 Å². The molecule has 1 aliphatic rings. The summed E-state index contributed by atoms with van der Waals surface area (Å²) in [5, 5.41) is 0. The zero-order valence-corrected chi connectivity index (χ0v) is 12.5. The van der Waals surface area contributed by atoms with E-state index in [1.807, 2.05) is 30.7 Å². The van der Waals surface area contributed by atoms with Gasteiger partial charge in [-0.05, 0) is 37.8 Å². The highest BCUT2D eigenvalue weighted by Gasteiger charge is 2.28. The molecule has 1 fully saturated rings. The Kier molecular flexibility index (Phi) is 3.20. The molecule has 1 aliphatic heterocycles. The standard InChI is InChI=1S/C14H18N2O3S/c1-10-7-13(19-11(10)2)14-15-4-5-16(14)8-12-3-6-20(17,18)9-12/h4-5,7,12H,3,6,8-9H2,1-2H3/t12-/m1/s1. The third kappa shape index (κ3) is 2.52. The number of aromatic nitrogens is 2. The van der Waals surface area contributed by atoms with E-state index in [4.69, 9.17) is 4.42 Å². The molecular weight excluding hydrogens is 276 g/mol. The number of sulfone groups is 1. The number of hydrogen-bond donors (Lipinski definition) is 0. The quantitative estimate of drug-likeness (QED) is 0.870. The van der Waals surface area contributed by atoms with Crippen molar-refractivity contribution in [2.75, 3.05) is 11.5 Å². The van der Waals surface area contributed by atoms with E-state index in [0.717, 1.165) is 29.3 Å². The summed E-state index contributed by atoms with van der Waals surface area (Å²) in [5.74, 6) is 3.15. The van der Waals surface area contributed by atoms with Crippen LogP contribution in [0.25, 0.3) is 11.6 Å². The van der Waals surface area contributed by atoms with Gasteiger partial charge in [0.25, 0.3) is 0 Å². The molecular formula is C14H18N2O3S. The molecule has 108 valence electrons. The van der Waals surface area contributed by atoms with Gasteiger partial charge in [0.2, 0.25) is 0 Å². The first-order chi connectivity index (χ1) is 9.44. The van der Waals surface area contributed by atoms with E-state index in [9.17, 15) is 8.42 Å². The molecule has 2 aromatic rings. The molecule has 6 heteroatoms. The lowest BCUT2D eigenvalue weighted by atomic mass is 10.1. The number of nitrogens with zero attached hydrogens (tertiary/aromatic N) is 2. The molecule has 3 rings (SSSR count). The predicted octanol–water partition coefficient (Wildman–Crippen LogP) is 2.19. The van der Waals surface area contributed by atoms with Crippen LogP contribution in [0.15, 0.2) is 22.9 Å². The van der Waals surface area contributed by atoms with E-state index < -0.39 is 9.84 Å². The summed E-state index contributed by atoms with van der Waals surface area (Å²) < 4.78 is 30.8. The van der Waals surface area contributed by atoms with E-state index in [1.165, 1.54) is 0 Å². The van der Waals surface area contributed by atoms with Gasteiger partial charge in [-0.2, -0.15) is 0 Å². The second-order valence-corrected chi connectivity index (χ2v) is 7.75. The summed E-state index contributed by atoms with van der Waals surface area (Å²) in [6, 6.07) is 1.97. The molecule has 0 radical (unpaired) electrons. The van der Waals surface area contributed by atoms with E-state index >= 15 is 0 Å². The topological polar surface area (TPSA) is 65.1 Å². The lowest BCUT2D eigenvalue weighted by Crippen LogP contribution is -2.12. The first kappa shape index (κ1) is 13.4. The van der Waals surface area contributed by atoms with Crippen molar-refractivity contribution in [3.05, 3.63) is 29.8 Å². The molecule has 0 aliphatic carbocycles. The van der Waals surface area contributed by atoms with Crippen molar-refractivity contribution < 1.29 is 12.8 Å². The molecule has 3 heterocycles.